The topological polar surface area (TPSA) is 50.4 Å². The number of hydrogen-bond donors (Lipinski definition) is 2. The smallest absolute Gasteiger partial charge is 0.253 e. The number of nitrogens with one attached hydrogen (secondary N) is 2. The molecule has 0 aliphatic carbocycles. The van der Waals surface area contributed by atoms with E-state index in [0.29, 0.717) is 18.8 Å². The molecule has 4 nitrogen and oxygen atoms in total. The molecular formula is C13H20N2O2. The van der Waals surface area contributed by atoms with Crippen molar-refractivity contribution < 1.29 is 9.53 Å². The first-order valence-electron chi connectivity index (χ1n) is 5.84. The lowest BCUT2D eigenvalue weighted by atomic mass is 10.1. The van der Waals surface area contributed by atoms with Gasteiger partial charge in [-0.1, -0.05) is 12.1 Å². The van der Waals surface area contributed by atoms with E-state index in [4.69, 9.17) is 4.74 Å². The van der Waals surface area contributed by atoms with Crippen LogP contribution in [0.15, 0.2) is 24.3 Å². The van der Waals surface area contributed by atoms with E-state index in [-0.39, 0.29) is 11.9 Å². The second-order valence-electron chi connectivity index (χ2n) is 3.83. The van der Waals surface area contributed by atoms with E-state index in [9.17, 15) is 4.79 Å². The number of rotatable bonds is 6. The minimum absolute atomic E-state index is 0.00682. The summed E-state index contributed by atoms with van der Waals surface area (Å²) in [5.41, 5.74) is 1.48. The van der Waals surface area contributed by atoms with Gasteiger partial charge in [0, 0.05) is 25.4 Å². The lowest BCUT2D eigenvalue weighted by molar-refractivity contribution is 0.0872. The van der Waals surface area contributed by atoms with Crippen molar-refractivity contribution >= 4 is 11.6 Å². The molecule has 1 unspecified atom stereocenters. The van der Waals surface area contributed by atoms with Gasteiger partial charge in [0.2, 0.25) is 0 Å². The second kappa shape index (κ2) is 6.91. The molecule has 0 heterocycles. The van der Waals surface area contributed by atoms with Crippen LogP contribution in [0.3, 0.4) is 0 Å². The fourth-order valence-corrected chi connectivity index (χ4v) is 1.54. The predicted octanol–water partition coefficient (Wildman–Crippen LogP) is 1.88. The van der Waals surface area contributed by atoms with Crippen molar-refractivity contribution in [2.75, 3.05) is 25.6 Å². The summed E-state index contributed by atoms with van der Waals surface area (Å²) in [6, 6.07) is 7.43. The minimum atomic E-state index is -0.0813. The molecule has 1 rings (SSSR count). The van der Waals surface area contributed by atoms with E-state index in [1.807, 2.05) is 32.0 Å². The number of ether oxygens (including phenoxy) is 1. The fourth-order valence-electron chi connectivity index (χ4n) is 1.54. The summed E-state index contributed by atoms with van der Waals surface area (Å²) in [6.45, 7) is 5.05. The number of para-hydroxylation sites is 1. The van der Waals surface area contributed by atoms with Gasteiger partial charge in [-0.15, -0.1) is 0 Å². The van der Waals surface area contributed by atoms with Gasteiger partial charge in [-0.2, -0.15) is 0 Å². The zero-order valence-electron chi connectivity index (χ0n) is 10.6. The first-order valence-corrected chi connectivity index (χ1v) is 5.84. The third-order valence-electron chi connectivity index (χ3n) is 2.39. The molecule has 0 saturated heterocycles. The van der Waals surface area contributed by atoms with E-state index < -0.39 is 0 Å². The molecule has 0 saturated carbocycles. The monoisotopic (exact) mass is 236 g/mol. The number of anilines is 1. The second-order valence-corrected chi connectivity index (χ2v) is 3.83. The van der Waals surface area contributed by atoms with Gasteiger partial charge >= 0.3 is 0 Å². The van der Waals surface area contributed by atoms with Gasteiger partial charge in [0.25, 0.3) is 5.91 Å². The van der Waals surface area contributed by atoms with Crippen LogP contribution >= 0.6 is 0 Å². The summed E-state index contributed by atoms with van der Waals surface area (Å²) in [5.74, 6) is -0.0813. The zero-order chi connectivity index (χ0) is 12.7. The Hall–Kier alpha value is -1.55. The van der Waals surface area contributed by atoms with Crippen LogP contribution in [0.1, 0.15) is 24.2 Å². The molecule has 0 spiro atoms. The van der Waals surface area contributed by atoms with E-state index in [2.05, 4.69) is 10.6 Å². The highest BCUT2D eigenvalue weighted by Gasteiger charge is 2.12. The molecule has 1 amide bonds. The van der Waals surface area contributed by atoms with E-state index in [1.165, 1.54) is 0 Å². The summed E-state index contributed by atoms with van der Waals surface area (Å²) in [7, 11) is 1.80. The summed E-state index contributed by atoms with van der Waals surface area (Å²) in [4.78, 5) is 12.0. The highest BCUT2D eigenvalue weighted by molar-refractivity contribution is 5.99. The summed E-state index contributed by atoms with van der Waals surface area (Å²) in [5, 5.41) is 5.90. The van der Waals surface area contributed by atoms with Crippen molar-refractivity contribution in [1.29, 1.82) is 0 Å². The van der Waals surface area contributed by atoms with Crippen LogP contribution in [0.2, 0.25) is 0 Å². The van der Waals surface area contributed by atoms with Crippen molar-refractivity contribution in [3.8, 4) is 0 Å². The third-order valence-corrected chi connectivity index (χ3v) is 2.39. The maximum Gasteiger partial charge on any atom is 0.253 e. The molecule has 0 aliphatic rings. The maximum absolute atomic E-state index is 12.0. The number of benzene rings is 1. The van der Waals surface area contributed by atoms with Gasteiger partial charge < -0.3 is 15.4 Å². The molecule has 1 aromatic rings. The Bertz CT molecular complexity index is 366. The normalized spacial score (nSPS) is 11.9. The van der Waals surface area contributed by atoms with Crippen LogP contribution < -0.4 is 10.6 Å². The standard InChI is InChI=1S/C13H20N2O2/c1-4-17-9-10(2)15-13(16)11-7-5-6-8-12(11)14-3/h5-8,10,14H,4,9H2,1-3H3,(H,15,16). The molecule has 1 aromatic carbocycles. The van der Waals surface area contributed by atoms with Crippen molar-refractivity contribution in [2.45, 2.75) is 19.9 Å². The lowest BCUT2D eigenvalue weighted by Crippen LogP contribution is -2.36. The highest BCUT2D eigenvalue weighted by atomic mass is 16.5. The van der Waals surface area contributed by atoms with Gasteiger partial charge in [0.15, 0.2) is 0 Å². The number of carbonyl (C=O) groups is 1. The Balaban J connectivity index is 2.63. The molecule has 2 N–H and O–H groups in total. The Morgan fingerprint density at radius 2 is 2.12 bits per heavy atom. The van der Waals surface area contributed by atoms with Crippen LogP contribution in [0.5, 0.6) is 0 Å². The Labute approximate surface area is 102 Å². The van der Waals surface area contributed by atoms with E-state index >= 15 is 0 Å². The SMILES string of the molecule is CCOCC(C)NC(=O)c1ccccc1NC. The Morgan fingerprint density at radius 3 is 2.76 bits per heavy atom. The van der Waals surface area contributed by atoms with Gasteiger partial charge in [-0.05, 0) is 26.0 Å². The molecule has 0 aliphatic heterocycles. The average molecular weight is 236 g/mol. The van der Waals surface area contributed by atoms with Crippen molar-refractivity contribution in [3.05, 3.63) is 29.8 Å². The molecule has 4 heteroatoms. The van der Waals surface area contributed by atoms with Crippen LogP contribution in [-0.2, 0) is 4.74 Å². The van der Waals surface area contributed by atoms with Crippen LogP contribution in [0, 0.1) is 0 Å². The molecule has 0 fully saturated rings. The quantitative estimate of drug-likeness (QED) is 0.793. The summed E-state index contributed by atoms with van der Waals surface area (Å²) in [6.07, 6.45) is 0. The zero-order valence-corrected chi connectivity index (χ0v) is 10.6. The molecule has 94 valence electrons. The predicted molar refractivity (Wildman–Crippen MR) is 69.4 cm³/mol. The van der Waals surface area contributed by atoms with E-state index in [1.54, 1.807) is 13.1 Å². The number of amides is 1. The number of hydrogen-bond acceptors (Lipinski definition) is 3. The minimum Gasteiger partial charge on any atom is -0.387 e. The third kappa shape index (κ3) is 4.07. The maximum atomic E-state index is 12.0. The molecular weight excluding hydrogens is 216 g/mol. The van der Waals surface area contributed by atoms with Crippen molar-refractivity contribution in [3.63, 3.8) is 0 Å². The van der Waals surface area contributed by atoms with Crippen molar-refractivity contribution in [2.24, 2.45) is 0 Å². The Kier molecular flexibility index (Phi) is 5.49. The molecule has 0 bridgehead atoms. The lowest BCUT2D eigenvalue weighted by Gasteiger charge is -2.15. The Morgan fingerprint density at radius 1 is 1.41 bits per heavy atom. The molecule has 17 heavy (non-hydrogen) atoms. The van der Waals surface area contributed by atoms with E-state index in [0.717, 1.165) is 5.69 Å². The van der Waals surface area contributed by atoms with Crippen LogP contribution in [-0.4, -0.2) is 32.2 Å². The highest BCUT2D eigenvalue weighted by Crippen LogP contribution is 2.13. The molecule has 0 aromatic heterocycles. The van der Waals surface area contributed by atoms with Crippen LogP contribution in [0.25, 0.3) is 0 Å². The van der Waals surface area contributed by atoms with Gasteiger partial charge in [-0.25, -0.2) is 0 Å². The number of carbonyl (C=O) groups excluding carboxylic acids is 1. The van der Waals surface area contributed by atoms with Gasteiger partial charge in [-0.3, -0.25) is 4.79 Å². The van der Waals surface area contributed by atoms with Crippen LogP contribution in [0.4, 0.5) is 5.69 Å². The van der Waals surface area contributed by atoms with Crippen molar-refractivity contribution in [1.82, 2.24) is 5.32 Å². The molecule has 1 atom stereocenters. The van der Waals surface area contributed by atoms with Gasteiger partial charge in [0.1, 0.15) is 0 Å². The van der Waals surface area contributed by atoms with Gasteiger partial charge in [0.05, 0.1) is 12.2 Å². The largest absolute Gasteiger partial charge is 0.387 e. The summed E-state index contributed by atoms with van der Waals surface area (Å²) < 4.78 is 5.26. The first kappa shape index (κ1) is 13.5. The fraction of sp³-hybridized carbons (Fsp3) is 0.462. The molecule has 0 radical (unpaired) electrons. The average Bonchev–Trinajstić information content (AvgIpc) is 2.36. The summed E-state index contributed by atoms with van der Waals surface area (Å²) >= 11 is 0. The first-order chi connectivity index (χ1) is 8.19.